The number of ether oxygens (including phenoxy) is 1. The van der Waals surface area contributed by atoms with Gasteiger partial charge in [0.2, 0.25) is 0 Å². The van der Waals surface area contributed by atoms with Crippen molar-refractivity contribution in [2.45, 2.75) is 52.0 Å². The van der Waals surface area contributed by atoms with E-state index in [1.54, 1.807) is 0 Å². The molecule has 1 saturated carbocycles. The molecule has 1 rings (SSSR count). The first kappa shape index (κ1) is 12.5. The molecule has 15 heavy (non-hydrogen) atoms. The Morgan fingerprint density at radius 2 is 1.93 bits per heavy atom. The Kier molecular flexibility index (Phi) is 4.58. The van der Waals surface area contributed by atoms with E-state index in [9.17, 15) is 4.79 Å². The quantitative estimate of drug-likeness (QED) is 0.727. The topological polar surface area (TPSA) is 38.3 Å². The van der Waals surface area contributed by atoms with Crippen LogP contribution >= 0.6 is 0 Å². The summed E-state index contributed by atoms with van der Waals surface area (Å²) < 4.78 is 5.22. The fourth-order valence-electron chi connectivity index (χ4n) is 1.78. The van der Waals surface area contributed by atoms with Crippen LogP contribution in [0.5, 0.6) is 0 Å². The SMILES string of the molecule is CC(C)(C)NCC(=O)OCC1CCCC1. The van der Waals surface area contributed by atoms with Gasteiger partial charge in [0, 0.05) is 5.54 Å². The van der Waals surface area contributed by atoms with Gasteiger partial charge < -0.3 is 10.1 Å². The van der Waals surface area contributed by atoms with Crippen molar-refractivity contribution in [3.05, 3.63) is 0 Å². The van der Waals surface area contributed by atoms with Gasteiger partial charge in [-0.05, 0) is 39.5 Å². The first-order valence-electron chi connectivity index (χ1n) is 5.88. The van der Waals surface area contributed by atoms with Crippen molar-refractivity contribution in [3.8, 4) is 0 Å². The molecule has 0 aromatic rings. The number of carbonyl (C=O) groups excluding carboxylic acids is 1. The maximum Gasteiger partial charge on any atom is 0.319 e. The molecule has 0 amide bonds. The first-order chi connectivity index (χ1) is 6.97. The Hall–Kier alpha value is -0.570. The van der Waals surface area contributed by atoms with Crippen molar-refractivity contribution in [2.24, 2.45) is 5.92 Å². The number of carbonyl (C=O) groups is 1. The van der Waals surface area contributed by atoms with Crippen LogP contribution in [0, 0.1) is 5.92 Å². The predicted octanol–water partition coefficient (Wildman–Crippen LogP) is 2.11. The van der Waals surface area contributed by atoms with Gasteiger partial charge in [-0.1, -0.05) is 12.8 Å². The van der Waals surface area contributed by atoms with Crippen molar-refractivity contribution in [1.29, 1.82) is 0 Å². The number of esters is 1. The van der Waals surface area contributed by atoms with Gasteiger partial charge in [0.1, 0.15) is 0 Å². The summed E-state index contributed by atoms with van der Waals surface area (Å²) >= 11 is 0. The van der Waals surface area contributed by atoms with E-state index in [0.29, 0.717) is 19.1 Å². The van der Waals surface area contributed by atoms with Gasteiger partial charge in [0.25, 0.3) is 0 Å². The average molecular weight is 213 g/mol. The van der Waals surface area contributed by atoms with Gasteiger partial charge in [0.05, 0.1) is 13.2 Å². The van der Waals surface area contributed by atoms with Gasteiger partial charge >= 0.3 is 5.97 Å². The van der Waals surface area contributed by atoms with Crippen LogP contribution in [0.4, 0.5) is 0 Å². The molecule has 0 spiro atoms. The van der Waals surface area contributed by atoms with Crippen LogP contribution in [-0.2, 0) is 9.53 Å². The summed E-state index contributed by atoms with van der Waals surface area (Å²) in [5, 5.41) is 3.12. The summed E-state index contributed by atoms with van der Waals surface area (Å²) in [5.41, 5.74) is -0.0214. The zero-order valence-electron chi connectivity index (χ0n) is 10.1. The van der Waals surface area contributed by atoms with Crippen molar-refractivity contribution in [2.75, 3.05) is 13.2 Å². The largest absolute Gasteiger partial charge is 0.464 e. The number of rotatable bonds is 4. The van der Waals surface area contributed by atoms with E-state index in [2.05, 4.69) is 5.32 Å². The van der Waals surface area contributed by atoms with Gasteiger partial charge in [-0.15, -0.1) is 0 Å². The Labute approximate surface area is 92.6 Å². The summed E-state index contributed by atoms with van der Waals surface area (Å²) in [7, 11) is 0. The Bertz CT molecular complexity index is 202. The minimum Gasteiger partial charge on any atom is -0.464 e. The molecule has 3 nitrogen and oxygen atoms in total. The maximum atomic E-state index is 11.4. The molecule has 0 aromatic carbocycles. The third-order valence-corrected chi connectivity index (χ3v) is 2.72. The molecule has 1 aliphatic rings. The lowest BCUT2D eigenvalue weighted by molar-refractivity contribution is -0.144. The highest BCUT2D eigenvalue weighted by Gasteiger charge is 2.17. The standard InChI is InChI=1S/C12H23NO2/c1-12(2,3)13-8-11(14)15-9-10-6-4-5-7-10/h10,13H,4-9H2,1-3H3. The predicted molar refractivity (Wildman–Crippen MR) is 60.7 cm³/mol. The molecular formula is C12H23NO2. The van der Waals surface area contributed by atoms with Crippen LogP contribution in [0.2, 0.25) is 0 Å². The summed E-state index contributed by atoms with van der Waals surface area (Å²) in [6, 6.07) is 0. The monoisotopic (exact) mass is 213 g/mol. The summed E-state index contributed by atoms with van der Waals surface area (Å²) in [6.45, 7) is 7.05. The molecule has 1 fully saturated rings. The van der Waals surface area contributed by atoms with Crippen molar-refractivity contribution in [3.63, 3.8) is 0 Å². The second-order valence-corrected chi connectivity index (χ2v) is 5.44. The Morgan fingerprint density at radius 3 is 2.47 bits per heavy atom. The zero-order valence-corrected chi connectivity index (χ0v) is 10.1. The molecular weight excluding hydrogens is 190 g/mol. The van der Waals surface area contributed by atoms with E-state index in [-0.39, 0.29) is 11.5 Å². The van der Waals surface area contributed by atoms with E-state index >= 15 is 0 Å². The highest BCUT2D eigenvalue weighted by Crippen LogP contribution is 2.24. The van der Waals surface area contributed by atoms with Crippen LogP contribution in [0.3, 0.4) is 0 Å². The average Bonchev–Trinajstić information content (AvgIpc) is 2.62. The number of nitrogens with one attached hydrogen (secondary N) is 1. The van der Waals surface area contributed by atoms with Gasteiger partial charge in [-0.3, -0.25) is 4.79 Å². The molecule has 0 saturated heterocycles. The van der Waals surface area contributed by atoms with Gasteiger partial charge in [-0.25, -0.2) is 0 Å². The second-order valence-electron chi connectivity index (χ2n) is 5.44. The van der Waals surface area contributed by atoms with E-state index < -0.39 is 0 Å². The maximum absolute atomic E-state index is 11.4. The van der Waals surface area contributed by atoms with Crippen LogP contribution < -0.4 is 5.32 Å². The van der Waals surface area contributed by atoms with E-state index in [4.69, 9.17) is 4.74 Å². The van der Waals surface area contributed by atoms with Crippen LogP contribution in [0.25, 0.3) is 0 Å². The fraction of sp³-hybridized carbons (Fsp3) is 0.917. The van der Waals surface area contributed by atoms with Crippen LogP contribution in [0.1, 0.15) is 46.5 Å². The number of hydrogen-bond donors (Lipinski definition) is 1. The molecule has 1 aliphatic carbocycles. The molecule has 0 bridgehead atoms. The summed E-state index contributed by atoms with van der Waals surface area (Å²) in [5.74, 6) is 0.486. The lowest BCUT2D eigenvalue weighted by Gasteiger charge is -2.20. The second kappa shape index (κ2) is 5.50. The third-order valence-electron chi connectivity index (χ3n) is 2.72. The first-order valence-corrected chi connectivity index (χ1v) is 5.88. The molecule has 0 heterocycles. The summed E-state index contributed by atoms with van der Waals surface area (Å²) in [6.07, 6.45) is 5.03. The Balaban J connectivity index is 2.08. The van der Waals surface area contributed by atoms with Crippen LogP contribution in [0.15, 0.2) is 0 Å². The van der Waals surface area contributed by atoms with Gasteiger partial charge in [0.15, 0.2) is 0 Å². The van der Waals surface area contributed by atoms with Crippen molar-refractivity contribution >= 4 is 5.97 Å². The highest BCUT2D eigenvalue weighted by molar-refractivity contribution is 5.71. The molecule has 0 aromatic heterocycles. The Morgan fingerprint density at radius 1 is 1.33 bits per heavy atom. The lowest BCUT2D eigenvalue weighted by Crippen LogP contribution is -2.40. The van der Waals surface area contributed by atoms with E-state index in [1.807, 2.05) is 20.8 Å². The van der Waals surface area contributed by atoms with Crippen molar-refractivity contribution < 1.29 is 9.53 Å². The minimum absolute atomic E-state index is 0.0214. The fourth-order valence-corrected chi connectivity index (χ4v) is 1.78. The molecule has 1 N–H and O–H groups in total. The molecule has 3 heteroatoms. The molecule has 88 valence electrons. The van der Waals surface area contributed by atoms with E-state index in [1.165, 1.54) is 25.7 Å². The zero-order chi connectivity index (χ0) is 11.3. The molecule has 0 radical (unpaired) electrons. The third kappa shape index (κ3) is 5.78. The normalized spacial score (nSPS) is 18.1. The molecule has 0 unspecified atom stereocenters. The lowest BCUT2D eigenvalue weighted by atomic mass is 10.1. The smallest absolute Gasteiger partial charge is 0.319 e. The number of hydrogen-bond acceptors (Lipinski definition) is 3. The van der Waals surface area contributed by atoms with Gasteiger partial charge in [-0.2, -0.15) is 0 Å². The molecule has 0 atom stereocenters. The van der Waals surface area contributed by atoms with E-state index in [0.717, 1.165) is 0 Å². The minimum atomic E-state index is -0.128. The molecule has 0 aliphatic heterocycles. The summed E-state index contributed by atoms with van der Waals surface area (Å²) in [4.78, 5) is 11.4. The van der Waals surface area contributed by atoms with Crippen LogP contribution in [-0.4, -0.2) is 24.7 Å². The highest BCUT2D eigenvalue weighted by atomic mass is 16.5. The van der Waals surface area contributed by atoms with Crippen molar-refractivity contribution in [1.82, 2.24) is 5.32 Å².